The van der Waals surface area contributed by atoms with Gasteiger partial charge in [0, 0.05) is 0 Å². The summed E-state index contributed by atoms with van der Waals surface area (Å²) in [5, 5.41) is 9.17. The van der Waals surface area contributed by atoms with Gasteiger partial charge in [0.05, 0.1) is 5.92 Å². The predicted octanol–water partition coefficient (Wildman–Crippen LogP) is 4.51. The third-order valence-corrected chi connectivity index (χ3v) is 4.57. The molecule has 2 heteroatoms. The molecule has 1 fully saturated rings. The van der Waals surface area contributed by atoms with Crippen LogP contribution >= 0.6 is 0 Å². The minimum atomic E-state index is -0.623. The van der Waals surface area contributed by atoms with Crippen LogP contribution in [-0.2, 0) is 4.79 Å². The fourth-order valence-electron chi connectivity index (χ4n) is 3.54. The van der Waals surface area contributed by atoms with Gasteiger partial charge in [-0.2, -0.15) is 0 Å². The Labute approximate surface area is 111 Å². The number of hydrogen-bond acceptors (Lipinski definition) is 1. The minimum Gasteiger partial charge on any atom is -0.481 e. The summed E-state index contributed by atoms with van der Waals surface area (Å²) >= 11 is 0. The third kappa shape index (κ3) is 3.37. The van der Waals surface area contributed by atoms with Gasteiger partial charge in [-0.05, 0) is 50.4 Å². The molecule has 0 aromatic rings. The smallest absolute Gasteiger partial charge is 0.306 e. The minimum absolute atomic E-state index is 0.185. The number of aliphatic carboxylic acids is 1. The standard InChI is InChI=1S/C14H22O2.C2H6/c1-9-6-7-11-4-3-5-12(13(11)8-9)10(2)14(15)16;1-2/h8,10-13H,3-7H2,1-2H3,(H,15,16);1-2H3/t10?,11-,12?,13+;/m1./s1. The highest BCUT2D eigenvalue weighted by Crippen LogP contribution is 2.45. The molecule has 2 nitrogen and oxygen atoms in total. The molecule has 18 heavy (non-hydrogen) atoms. The lowest BCUT2D eigenvalue weighted by atomic mass is 9.63. The Bertz CT molecular complexity index is 306. The first-order valence-corrected chi connectivity index (χ1v) is 7.49. The van der Waals surface area contributed by atoms with Crippen LogP contribution in [0, 0.1) is 23.7 Å². The molecule has 0 saturated heterocycles. The SMILES string of the molecule is CC.CC1=C[C@@H]2C(C(C)C(=O)O)CCC[C@@H]2CC1. The average Bonchev–Trinajstić information content (AvgIpc) is 2.39. The molecule has 2 unspecified atom stereocenters. The van der Waals surface area contributed by atoms with Crippen molar-refractivity contribution in [3.05, 3.63) is 11.6 Å². The van der Waals surface area contributed by atoms with Crippen molar-refractivity contribution >= 4 is 5.97 Å². The third-order valence-electron chi connectivity index (χ3n) is 4.57. The van der Waals surface area contributed by atoms with E-state index in [1.54, 1.807) is 0 Å². The Morgan fingerprint density at radius 2 is 2.00 bits per heavy atom. The molecule has 1 N–H and O–H groups in total. The Morgan fingerprint density at radius 3 is 2.61 bits per heavy atom. The molecule has 2 rings (SSSR count). The zero-order chi connectivity index (χ0) is 13.7. The van der Waals surface area contributed by atoms with Crippen LogP contribution in [0.3, 0.4) is 0 Å². The molecule has 0 aromatic heterocycles. The molecule has 1 saturated carbocycles. The lowest BCUT2D eigenvalue weighted by Gasteiger charge is -2.41. The topological polar surface area (TPSA) is 37.3 Å². The van der Waals surface area contributed by atoms with E-state index in [4.69, 9.17) is 5.11 Å². The Morgan fingerprint density at radius 1 is 1.33 bits per heavy atom. The number of carbonyl (C=O) groups is 1. The van der Waals surface area contributed by atoms with Crippen LogP contribution in [0.1, 0.15) is 59.8 Å². The van der Waals surface area contributed by atoms with Gasteiger partial charge in [-0.1, -0.05) is 38.8 Å². The molecule has 2 aliphatic carbocycles. The van der Waals surface area contributed by atoms with Crippen LogP contribution in [0.2, 0.25) is 0 Å². The Balaban J connectivity index is 0.000000771. The summed E-state index contributed by atoms with van der Waals surface area (Å²) in [6.07, 6.45) is 8.48. The zero-order valence-electron chi connectivity index (χ0n) is 12.3. The maximum atomic E-state index is 11.1. The monoisotopic (exact) mass is 252 g/mol. The Hall–Kier alpha value is -0.790. The van der Waals surface area contributed by atoms with Gasteiger partial charge in [-0.15, -0.1) is 0 Å². The summed E-state index contributed by atoms with van der Waals surface area (Å²) in [7, 11) is 0. The van der Waals surface area contributed by atoms with Crippen molar-refractivity contribution in [2.75, 3.05) is 0 Å². The van der Waals surface area contributed by atoms with E-state index in [1.807, 2.05) is 20.8 Å². The molecule has 0 radical (unpaired) electrons. The van der Waals surface area contributed by atoms with Crippen LogP contribution in [0.15, 0.2) is 11.6 Å². The van der Waals surface area contributed by atoms with E-state index < -0.39 is 5.97 Å². The van der Waals surface area contributed by atoms with E-state index in [1.165, 1.54) is 31.3 Å². The van der Waals surface area contributed by atoms with Gasteiger partial charge < -0.3 is 5.11 Å². The van der Waals surface area contributed by atoms with E-state index in [-0.39, 0.29) is 5.92 Å². The number of carboxylic acids is 1. The Kier molecular flexibility index (Phi) is 5.90. The number of carboxylic acid groups (broad SMARTS) is 1. The molecular weight excluding hydrogens is 224 g/mol. The van der Waals surface area contributed by atoms with Crippen molar-refractivity contribution in [1.82, 2.24) is 0 Å². The maximum absolute atomic E-state index is 11.1. The molecule has 0 heterocycles. The summed E-state index contributed by atoms with van der Waals surface area (Å²) in [6.45, 7) is 8.07. The van der Waals surface area contributed by atoms with Crippen molar-refractivity contribution in [2.24, 2.45) is 23.7 Å². The summed E-state index contributed by atoms with van der Waals surface area (Å²) in [4.78, 5) is 11.1. The van der Waals surface area contributed by atoms with Crippen molar-refractivity contribution in [3.63, 3.8) is 0 Å². The largest absolute Gasteiger partial charge is 0.481 e. The van der Waals surface area contributed by atoms with Gasteiger partial charge in [0.25, 0.3) is 0 Å². The van der Waals surface area contributed by atoms with Crippen LogP contribution in [0.25, 0.3) is 0 Å². The van der Waals surface area contributed by atoms with Gasteiger partial charge in [0.1, 0.15) is 0 Å². The van der Waals surface area contributed by atoms with Gasteiger partial charge in [0.15, 0.2) is 0 Å². The first-order valence-electron chi connectivity index (χ1n) is 7.49. The zero-order valence-corrected chi connectivity index (χ0v) is 12.3. The fraction of sp³-hybridized carbons (Fsp3) is 0.812. The van der Waals surface area contributed by atoms with Crippen LogP contribution < -0.4 is 0 Å². The lowest BCUT2D eigenvalue weighted by molar-refractivity contribution is -0.144. The molecule has 0 amide bonds. The molecule has 0 aliphatic heterocycles. The molecule has 0 spiro atoms. The second-order valence-corrected chi connectivity index (χ2v) is 5.61. The van der Waals surface area contributed by atoms with E-state index in [2.05, 4.69) is 13.0 Å². The van der Waals surface area contributed by atoms with Crippen molar-refractivity contribution in [3.8, 4) is 0 Å². The highest BCUT2D eigenvalue weighted by molar-refractivity contribution is 5.70. The van der Waals surface area contributed by atoms with Gasteiger partial charge in [-0.3, -0.25) is 4.79 Å². The molecule has 2 aliphatic rings. The number of allylic oxidation sites excluding steroid dienone is 2. The summed E-state index contributed by atoms with van der Waals surface area (Å²) < 4.78 is 0. The first-order chi connectivity index (χ1) is 8.59. The maximum Gasteiger partial charge on any atom is 0.306 e. The average molecular weight is 252 g/mol. The lowest BCUT2D eigenvalue weighted by Crippen LogP contribution is -2.35. The molecule has 0 aromatic carbocycles. The van der Waals surface area contributed by atoms with Gasteiger partial charge in [0.2, 0.25) is 0 Å². The van der Waals surface area contributed by atoms with Crippen molar-refractivity contribution in [2.45, 2.75) is 59.8 Å². The van der Waals surface area contributed by atoms with Crippen LogP contribution in [-0.4, -0.2) is 11.1 Å². The van der Waals surface area contributed by atoms with Gasteiger partial charge in [-0.25, -0.2) is 0 Å². The highest BCUT2D eigenvalue weighted by Gasteiger charge is 2.38. The molecule has 4 atom stereocenters. The van der Waals surface area contributed by atoms with E-state index >= 15 is 0 Å². The van der Waals surface area contributed by atoms with Gasteiger partial charge >= 0.3 is 5.97 Å². The predicted molar refractivity (Wildman–Crippen MR) is 75.5 cm³/mol. The summed E-state index contributed by atoms with van der Waals surface area (Å²) in [5.74, 6) is 0.849. The van der Waals surface area contributed by atoms with Crippen LogP contribution in [0.4, 0.5) is 0 Å². The highest BCUT2D eigenvalue weighted by atomic mass is 16.4. The summed E-state index contributed by atoms with van der Waals surface area (Å²) in [5.41, 5.74) is 1.46. The molecule has 104 valence electrons. The van der Waals surface area contributed by atoms with Crippen molar-refractivity contribution < 1.29 is 9.90 Å². The first kappa shape index (κ1) is 15.3. The number of fused-ring (bicyclic) bond motifs is 1. The van der Waals surface area contributed by atoms with Crippen molar-refractivity contribution in [1.29, 1.82) is 0 Å². The summed E-state index contributed by atoms with van der Waals surface area (Å²) in [6, 6.07) is 0. The molecule has 0 bridgehead atoms. The normalized spacial score (nSPS) is 32.4. The van der Waals surface area contributed by atoms with E-state index in [9.17, 15) is 4.79 Å². The molecular formula is C16H28O2. The second-order valence-electron chi connectivity index (χ2n) is 5.61. The second kappa shape index (κ2) is 6.96. The number of rotatable bonds is 2. The van der Waals surface area contributed by atoms with Crippen LogP contribution in [0.5, 0.6) is 0 Å². The quantitative estimate of drug-likeness (QED) is 0.734. The van der Waals surface area contributed by atoms with E-state index in [0.29, 0.717) is 11.8 Å². The van der Waals surface area contributed by atoms with E-state index in [0.717, 1.165) is 12.3 Å². The number of hydrogen-bond donors (Lipinski definition) is 1. The fourth-order valence-corrected chi connectivity index (χ4v) is 3.54.